The highest BCUT2D eigenvalue weighted by molar-refractivity contribution is 6.30. The Bertz CT molecular complexity index is 1300. The number of furan rings is 1. The fraction of sp³-hybridized carbons (Fsp3) is 0.0870. The molecule has 0 spiro atoms. The first-order chi connectivity index (χ1) is 15.0. The molecule has 0 unspecified atom stereocenters. The second-order valence-electron chi connectivity index (χ2n) is 6.69. The summed E-state index contributed by atoms with van der Waals surface area (Å²) in [6.07, 6.45) is 1.40. The van der Waals surface area contributed by atoms with E-state index < -0.39 is 5.91 Å². The molecular formula is C23H18ClN3O4. The average molecular weight is 436 g/mol. The number of benzene rings is 2. The molecule has 2 heterocycles. The van der Waals surface area contributed by atoms with Gasteiger partial charge >= 0.3 is 0 Å². The molecule has 0 fully saturated rings. The summed E-state index contributed by atoms with van der Waals surface area (Å²) < 4.78 is 11.9. The Morgan fingerprint density at radius 2 is 1.90 bits per heavy atom. The third-order valence-electron chi connectivity index (χ3n) is 4.66. The molecule has 7 nitrogen and oxygen atoms in total. The molecule has 0 bridgehead atoms. The van der Waals surface area contributed by atoms with Crippen LogP contribution in [0.4, 0.5) is 5.82 Å². The monoisotopic (exact) mass is 435 g/mol. The summed E-state index contributed by atoms with van der Waals surface area (Å²) in [5, 5.41) is 7.69. The van der Waals surface area contributed by atoms with Crippen molar-refractivity contribution >= 4 is 23.3 Å². The number of nitrogens with zero attached hydrogens (tertiary/aromatic N) is 2. The van der Waals surface area contributed by atoms with Crippen LogP contribution < -0.4 is 15.5 Å². The zero-order chi connectivity index (χ0) is 22.0. The SMILES string of the molecule is COc1ccc(-c2c(NC(=O)c3ccco3)n(-c3cccc(Cl)c3)nc(C)c2=O)cc1. The highest BCUT2D eigenvalue weighted by Crippen LogP contribution is 2.29. The van der Waals surface area contributed by atoms with Gasteiger partial charge in [-0.1, -0.05) is 29.8 Å². The molecule has 0 saturated heterocycles. The van der Waals surface area contributed by atoms with Gasteiger partial charge in [-0.3, -0.25) is 9.59 Å². The summed E-state index contributed by atoms with van der Waals surface area (Å²) in [6, 6.07) is 17.1. The molecule has 0 aliphatic heterocycles. The van der Waals surface area contributed by atoms with Crippen molar-refractivity contribution in [1.29, 1.82) is 0 Å². The number of carbonyl (C=O) groups excluding carboxylic acids is 1. The maximum atomic E-state index is 13.2. The fourth-order valence-electron chi connectivity index (χ4n) is 3.15. The normalized spacial score (nSPS) is 10.7. The maximum Gasteiger partial charge on any atom is 0.292 e. The predicted molar refractivity (Wildman–Crippen MR) is 118 cm³/mol. The Morgan fingerprint density at radius 3 is 2.55 bits per heavy atom. The molecular weight excluding hydrogens is 418 g/mol. The molecule has 1 N–H and O–H groups in total. The van der Waals surface area contributed by atoms with Crippen molar-refractivity contribution in [3.05, 3.63) is 93.6 Å². The van der Waals surface area contributed by atoms with E-state index in [2.05, 4.69) is 10.4 Å². The summed E-state index contributed by atoms with van der Waals surface area (Å²) in [4.78, 5) is 26.0. The van der Waals surface area contributed by atoms with Gasteiger partial charge in [0, 0.05) is 5.02 Å². The van der Waals surface area contributed by atoms with Crippen LogP contribution in [0.1, 0.15) is 16.2 Å². The molecule has 156 valence electrons. The highest BCUT2D eigenvalue weighted by Gasteiger charge is 2.22. The lowest BCUT2D eigenvalue weighted by Gasteiger charge is -2.18. The van der Waals surface area contributed by atoms with Gasteiger partial charge in [-0.2, -0.15) is 5.10 Å². The number of halogens is 1. The minimum absolute atomic E-state index is 0.103. The second-order valence-corrected chi connectivity index (χ2v) is 7.13. The van der Waals surface area contributed by atoms with Crippen LogP contribution in [-0.4, -0.2) is 22.8 Å². The van der Waals surface area contributed by atoms with E-state index in [-0.39, 0.29) is 28.3 Å². The molecule has 0 aliphatic carbocycles. The highest BCUT2D eigenvalue weighted by atomic mass is 35.5. The van der Waals surface area contributed by atoms with Gasteiger partial charge < -0.3 is 14.5 Å². The van der Waals surface area contributed by atoms with Gasteiger partial charge in [0.1, 0.15) is 17.3 Å². The lowest BCUT2D eigenvalue weighted by Crippen LogP contribution is -2.24. The first kappa shape index (κ1) is 20.4. The van der Waals surface area contributed by atoms with Crippen LogP contribution in [0, 0.1) is 6.92 Å². The van der Waals surface area contributed by atoms with Crippen molar-refractivity contribution in [1.82, 2.24) is 9.78 Å². The third kappa shape index (κ3) is 4.08. The zero-order valence-electron chi connectivity index (χ0n) is 16.8. The van der Waals surface area contributed by atoms with E-state index in [9.17, 15) is 9.59 Å². The number of nitrogens with one attached hydrogen (secondary N) is 1. The van der Waals surface area contributed by atoms with E-state index >= 15 is 0 Å². The topological polar surface area (TPSA) is 86.4 Å². The van der Waals surface area contributed by atoms with Gasteiger partial charge in [-0.25, -0.2) is 4.68 Å². The van der Waals surface area contributed by atoms with E-state index in [1.165, 1.54) is 17.0 Å². The van der Waals surface area contributed by atoms with Gasteiger partial charge in [0.25, 0.3) is 5.91 Å². The first-order valence-corrected chi connectivity index (χ1v) is 9.75. The van der Waals surface area contributed by atoms with Crippen LogP contribution in [0.3, 0.4) is 0 Å². The van der Waals surface area contributed by atoms with E-state index in [1.807, 2.05) is 0 Å². The zero-order valence-corrected chi connectivity index (χ0v) is 17.5. The number of amides is 1. The molecule has 2 aromatic carbocycles. The number of anilines is 1. The number of aryl methyl sites for hydroxylation is 1. The maximum absolute atomic E-state index is 13.2. The van der Waals surface area contributed by atoms with Crippen molar-refractivity contribution in [3.63, 3.8) is 0 Å². The smallest absolute Gasteiger partial charge is 0.292 e. The lowest BCUT2D eigenvalue weighted by molar-refractivity contribution is 0.0996. The Morgan fingerprint density at radius 1 is 1.13 bits per heavy atom. The molecule has 0 radical (unpaired) electrons. The van der Waals surface area contributed by atoms with Gasteiger partial charge in [0.2, 0.25) is 5.43 Å². The van der Waals surface area contributed by atoms with Crippen LogP contribution in [0.5, 0.6) is 5.75 Å². The molecule has 0 saturated carbocycles. The minimum atomic E-state index is -0.513. The third-order valence-corrected chi connectivity index (χ3v) is 4.90. The number of hydrogen-bond acceptors (Lipinski definition) is 5. The number of aromatic nitrogens is 2. The Labute approximate surface area is 182 Å². The van der Waals surface area contributed by atoms with E-state index in [0.717, 1.165) is 0 Å². The Hall–Kier alpha value is -3.84. The number of ether oxygens (including phenoxy) is 1. The van der Waals surface area contributed by atoms with Gasteiger partial charge in [-0.15, -0.1) is 0 Å². The average Bonchev–Trinajstić information content (AvgIpc) is 3.32. The van der Waals surface area contributed by atoms with Crippen molar-refractivity contribution in [2.45, 2.75) is 6.92 Å². The molecule has 1 amide bonds. The molecule has 0 aliphatic rings. The fourth-order valence-corrected chi connectivity index (χ4v) is 3.34. The number of hydrogen-bond donors (Lipinski definition) is 1. The lowest BCUT2D eigenvalue weighted by atomic mass is 10.0. The molecule has 8 heteroatoms. The van der Waals surface area contributed by atoms with E-state index in [1.54, 1.807) is 68.6 Å². The van der Waals surface area contributed by atoms with Crippen LogP contribution in [0.2, 0.25) is 5.02 Å². The van der Waals surface area contributed by atoms with Gasteiger partial charge in [-0.05, 0) is 55.0 Å². The first-order valence-electron chi connectivity index (χ1n) is 9.37. The largest absolute Gasteiger partial charge is 0.497 e. The second kappa shape index (κ2) is 8.49. The molecule has 4 aromatic rings. The quantitative estimate of drug-likeness (QED) is 0.490. The summed E-state index contributed by atoms with van der Waals surface area (Å²) in [6.45, 7) is 1.62. The molecule has 31 heavy (non-hydrogen) atoms. The Balaban J connectivity index is 1.97. The van der Waals surface area contributed by atoms with Crippen molar-refractivity contribution in [3.8, 4) is 22.6 Å². The summed E-state index contributed by atoms with van der Waals surface area (Å²) in [5.41, 5.74) is 1.43. The van der Waals surface area contributed by atoms with Crippen molar-refractivity contribution in [2.24, 2.45) is 0 Å². The predicted octanol–water partition coefficient (Wildman–Crippen LogP) is 4.72. The molecule has 0 atom stereocenters. The van der Waals surface area contributed by atoms with E-state index in [4.69, 9.17) is 20.8 Å². The van der Waals surface area contributed by atoms with Crippen LogP contribution in [0.15, 0.2) is 76.1 Å². The Kier molecular flexibility index (Phi) is 5.60. The minimum Gasteiger partial charge on any atom is -0.497 e. The number of methoxy groups -OCH3 is 1. The van der Waals surface area contributed by atoms with Crippen LogP contribution in [-0.2, 0) is 0 Å². The van der Waals surface area contributed by atoms with Crippen LogP contribution >= 0.6 is 11.6 Å². The molecule has 2 aromatic heterocycles. The standard InChI is InChI=1S/C23H18ClN3O4/c1-14-21(28)20(15-8-10-18(30-2)11-9-15)22(25-23(29)19-7-4-12-31-19)27(26-14)17-6-3-5-16(24)13-17/h3-13H,1-2H3,(H,25,29). The van der Waals surface area contributed by atoms with E-state index in [0.29, 0.717) is 22.0 Å². The summed E-state index contributed by atoms with van der Waals surface area (Å²) in [7, 11) is 1.56. The molecule has 4 rings (SSSR count). The summed E-state index contributed by atoms with van der Waals surface area (Å²) >= 11 is 6.18. The summed E-state index contributed by atoms with van der Waals surface area (Å²) in [5.74, 6) is 0.433. The van der Waals surface area contributed by atoms with Crippen LogP contribution in [0.25, 0.3) is 16.8 Å². The number of carbonyl (C=O) groups is 1. The number of rotatable bonds is 5. The van der Waals surface area contributed by atoms with Crippen molar-refractivity contribution < 1.29 is 13.9 Å². The van der Waals surface area contributed by atoms with Crippen molar-refractivity contribution in [2.75, 3.05) is 12.4 Å². The van der Waals surface area contributed by atoms with Gasteiger partial charge in [0.05, 0.1) is 24.6 Å². The van der Waals surface area contributed by atoms with Gasteiger partial charge in [0.15, 0.2) is 5.76 Å².